The molecule has 2 aromatic heterocycles. The van der Waals surface area contributed by atoms with Gasteiger partial charge in [-0.15, -0.1) is 0 Å². The highest BCUT2D eigenvalue weighted by molar-refractivity contribution is 8.76. The zero-order chi connectivity index (χ0) is 14.2. The fourth-order valence-corrected chi connectivity index (χ4v) is 4.90. The minimum absolute atomic E-state index is 0.545. The second-order valence-electron chi connectivity index (χ2n) is 4.71. The lowest BCUT2D eigenvalue weighted by Gasteiger charge is -2.18. The maximum absolute atomic E-state index is 4.13. The minimum atomic E-state index is 0.545. The van der Waals surface area contributed by atoms with Gasteiger partial charge in [-0.2, -0.15) is 0 Å². The largest absolute Gasteiger partial charge is 0.334 e. The molecule has 20 heavy (non-hydrogen) atoms. The van der Waals surface area contributed by atoms with Gasteiger partial charge in [0.2, 0.25) is 0 Å². The highest BCUT2D eigenvalue weighted by Crippen LogP contribution is 2.31. The van der Waals surface area contributed by atoms with Crippen molar-refractivity contribution in [2.24, 2.45) is 0 Å². The average Bonchev–Trinajstić information content (AvgIpc) is 3.15. The number of hydrogen-bond acceptors (Lipinski definition) is 4. The van der Waals surface area contributed by atoms with Crippen molar-refractivity contribution in [3.8, 4) is 0 Å². The molecule has 0 fully saturated rings. The van der Waals surface area contributed by atoms with Crippen LogP contribution in [0.1, 0.15) is 38.8 Å². The standard InChI is InChI=1S/C14H22N4S2/c1-3-13(17-7-5-15-11-17)9-19-20-10-14(4-2)18-8-6-16-12-18/h5-8,11-14H,3-4,9-10H2,1-2H3. The lowest BCUT2D eigenvalue weighted by molar-refractivity contribution is 0.538. The van der Waals surface area contributed by atoms with Crippen molar-refractivity contribution < 1.29 is 0 Å². The van der Waals surface area contributed by atoms with Gasteiger partial charge in [0.25, 0.3) is 0 Å². The van der Waals surface area contributed by atoms with E-state index in [1.807, 2.05) is 46.6 Å². The third kappa shape index (κ3) is 4.31. The Morgan fingerprint density at radius 1 is 0.850 bits per heavy atom. The van der Waals surface area contributed by atoms with Gasteiger partial charge in [0.15, 0.2) is 0 Å². The molecule has 0 aliphatic rings. The van der Waals surface area contributed by atoms with Crippen LogP contribution in [0.5, 0.6) is 0 Å². The van der Waals surface area contributed by atoms with Gasteiger partial charge >= 0.3 is 0 Å². The molecule has 6 heteroatoms. The maximum atomic E-state index is 4.13. The van der Waals surface area contributed by atoms with Crippen LogP contribution in [0.3, 0.4) is 0 Å². The molecule has 2 atom stereocenters. The molecule has 0 saturated carbocycles. The van der Waals surface area contributed by atoms with Crippen LogP contribution in [0.25, 0.3) is 0 Å². The van der Waals surface area contributed by atoms with Crippen LogP contribution in [0.15, 0.2) is 37.4 Å². The summed E-state index contributed by atoms with van der Waals surface area (Å²) in [5, 5.41) is 0. The highest BCUT2D eigenvalue weighted by atomic mass is 33.1. The SMILES string of the molecule is CCC(CSSCC(CC)n1ccnc1)n1ccnc1. The molecule has 2 aromatic rings. The first kappa shape index (κ1) is 15.5. The predicted octanol–water partition coefficient (Wildman–Crippen LogP) is 4.06. The van der Waals surface area contributed by atoms with Crippen LogP contribution in [-0.4, -0.2) is 30.6 Å². The van der Waals surface area contributed by atoms with Crippen LogP contribution in [0.2, 0.25) is 0 Å². The molecule has 0 bridgehead atoms. The molecular formula is C14H22N4S2. The number of imidazole rings is 2. The van der Waals surface area contributed by atoms with Gasteiger partial charge in [0.05, 0.1) is 12.7 Å². The number of hydrogen-bond donors (Lipinski definition) is 0. The topological polar surface area (TPSA) is 35.6 Å². The molecule has 2 heterocycles. The molecule has 0 saturated heterocycles. The Kier molecular flexibility index (Phi) is 6.53. The molecule has 0 aromatic carbocycles. The first-order valence-corrected chi connectivity index (χ1v) is 9.53. The summed E-state index contributed by atoms with van der Waals surface area (Å²) in [5.41, 5.74) is 0. The lowest BCUT2D eigenvalue weighted by atomic mass is 10.2. The minimum Gasteiger partial charge on any atom is -0.334 e. The maximum Gasteiger partial charge on any atom is 0.0948 e. The van der Waals surface area contributed by atoms with E-state index in [4.69, 9.17) is 0 Å². The van der Waals surface area contributed by atoms with Gasteiger partial charge in [-0.05, 0) is 12.8 Å². The first-order valence-electron chi connectivity index (χ1n) is 7.04. The number of nitrogens with zero attached hydrogens (tertiary/aromatic N) is 4. The van der Waals surface area contributed by atoms with Gasteiger partial charge in [0, 0.05) is 48.4 Å². The molecular weight excluding hydrogens is 288 g/mol. The predicted molar refractivity (Wildman–Crippen MR) is 88.0 cm³/mol. The molecule has 0 N–H and O–H groups in total. The van der Waals surface area contributed by atoms with Crippen LogP contribution >= 0.6 is 21.6 Å². The summed E-state index contributed by atoms with van der Waals surface area (Å²) in [6, 6.07) is 1.09. The zero-order valence-corrected chi connectivity index (χ0v) is 13.7. The average molecular weight is 310 g/mol. The number of rotatable bonds is 9. The molecule has 0 spiro atoms. The van der Waals surface area contributed by atoms with E-state index in [-0.39, 0.29) is 0 Å². The van der Waals surface area contributed by atoms with Crippen molar-refractivity contribution in [3.05, 3.63) is 37.4 Å². The fraction of sp³-hybridized carbons (Fsp3) is 0.571. The molecule has 110 valence electrons. The summed E-state index contributed by atoms with van der Waals surface area (Å²) in [4.78, 5) is 8.26. The second-order valence-corrected chi connectivity index (χ2v) is 7.27. The van der Waals surface area contributed by atoms with E-state index in [9.17, 15) is 0 Å². The molecule has 0 radical (unpaired) electrons. The molecule has 0 aliphatic heterocycles. The van der Waals surface area contributed by atoms with Gasteiger partial charge in [-0.1, -0.05) is 35.4 Å². The van der Waals surface area contributed by atoms with E-state index < -0.39 is 0 Å². The molecule has 2 unspecified atom stereocenters. The van der Waals surface area contributed by atoms with Crippen molar-refractivity contribution in [1.29, 1.82) is 0 Å². The summed E-state index contributed by atoms with van der Waals surface area (Å²) in [6.45, 7) is 4.46. The molecule has 0 aliphatic carbocycles. The lowest BCUT2D eigenvalue weighted by Crippen LogP contribution is -2.10. The Morgan fingerprint density at radius 3 is 1.60 bits per heavy atom. The Hall–Kier alpha value is -0.880. The summed E-state index contributed by atoms with van der Waals surface area (Å²) in [7, 11) is 3.92. The van der Waals surface area contributed by atoms with Crippen LogP contribution in [-0.2, 0) is 0 Å². The van der Waals surface area contributed by atoms with Gasteiger partial charge < -0.3 is 9.13 Å². The van der Waals surface area contributed by atoms with Gasteiger partial charge in [-0.25, -0.2) is 9.97 Å². The summed E-state index contributed by atoms with van der Waals surface area (Å²) < 4.78 is 4.42. The molecule has 0 amide bonds. The summed E-state index contributed by atoms with van der Waals surface area (Å²) in [5.74, 6) is 2.25. The Labute approximate surface area is 128 Å². The van der Waals surface area contributed by atoms with Gasteiger partial charge in [-0.3, -0.25) is 0 Å². The highest BCUT2D eigenvalue weighted by Gasteiger charge is 2.11. The number of aromatic nitrogens is 4. The van der Waals surface area contributed by atoms with E-state index in [0.29, 0.717) is 12.1 Å². The fourth-order valence-electron chi connectivity index (χ4n) is 2.05. The summed E-state index contributed by atoms with van der Waals surface area (Å²) >= 11 is 0. The van der Waals surface area contributed by atoms with E-state index in [2.05, 4.69) is 45.3 Å². The Bertz CT molecular complexity index is 411. The summed E-state index contributed by atoms with van der Waals surface area (Å²) in [6.07, 6.45) is 13.9. The van der Waals surface area contributed by atoms with Crippen LogP contribution < -0.4 is 0 Å². The van der Waals surface area contributed by atoms with Crippen molar-refractivity contribution in [2.75, 3.05) is 11.5 Å². The van der Waals surface area contributed by atoms with Crippen molar-refractivity contribution in [3.63, 3.8) is 0 Å². The van der Waals surface area contributed by atoms with E-state index in [1.165, 1.54) is 0 Å². The smallest absolute Gasteiger partial charge is 0.0948 e. The normalized spacial score (nSPS) is 14.3. The van der Waals surface area contributed by atoms with Crippen molar-refractivity contribution >= 4 is 21.6 Å². The first-order chi connectivity index (χ1) is 9.85. The second kappa shape index (κ2) is 8.42. The molecule has 2 rings (SSSR count). The van der Waals surface area contributed by atoms with Gasteiger partial charge in [0.1, 0.15) is 0 Å². The van der Waals surface area contributed by atoms with Crippen molar-refractivity contribution in [1.82, 2.24) is 19.1 Å². The molecule has 4 nitrogen and oxygen atoms in total. The Morgan fingerprint density at radius 2 is 1.30 bits per heavy atom. The third-order valence-corrected chi connectivity index (χ3v) is 5.96. The van der Waals surface area contributed by atoms with Crippen LogP contribution in [0, 0.1) is 0 Å². The van der Waals surface area contributed by atoms with Crippen LogP contribution in [0.4, 0.5) is 0 Å². The van der Waals surface area contributed by atoms with Crippen molar-refractivity contribution in [2.45, 2.75) is 38.8 Å². The van der Waals surface area contributed by atoms with E-state index in [1.54, 1.807) is 0 Å². The van der Waals surface area contributed by atoms with E-state index in [0.717, 1.165) is 24.3 Å². The third-order valence-electron chi connectivity index (χ3n) is 3.44. The van der Waals surface area contributed by atoms with E-state index >= 15 is 0 Å². The Balaban J connectivity index is 1.72. The quantitative estimate of drug-likeness (QED) is 0.517. The monoisotopic (exact) mass is 310 g/mol. The zero-order valence-electron chi connectivity index (χ0n) is 12.1.